The molecule has 0 saturated heterocycles. The van der Waals surface area contributed by atoms with E-state index in [1.807, 2.05) is 7.05 Å². The quantitative estimate of drug-likeness (QED) is 0.787. The van der Waals surface area contributed by atoms with E-state index in [1.54, 1.807) is 0 Å². The Kier molecular flexibility index (Phi) is 6.65. The van der Waals surface area contributed by atoms with Crippen molar-refractivity contribution in [2.45, 2.75) is 19.3 Å². The second-order valence-electron chi connectivity index (χ2n) is 3.07. The van der Waals surface area contributed by atoms with E-state index >= 15 is 0 Å². The van der Waals surface area contributed by atoms with Crippen LogP contribution in [0.25, 0.3) is 0 Å². The molecule has 2 heteroatoms. The average molecular weight is 200 g/mol. The molecule has 0 radical (unpaired) electrons. The molecule has 0 aromatic heterocycles. The Morgan fingerprint density at radius 3 is 2.31 bits per heavy atom. The number of nitrogens with one attached hydrogen (secondary N) is 1. The first kappa shape index (κ1) is 12.5. The number of halogens is 1. The van der Waals surface area contributed by atoms with E-state index < -0.39 is 0 Å². The van der Waals surface area contributed by atoms with Crippen molar-refractivity contribution in [3.8, 4) is 0 Å². The fourth-order valence-electron chi connectivity index (χ4n) is 1.47. The predicted molar refractivity (Wildman–Crippen MR) is 60.6 cm³/mol. The van der Waals surface area contributed by atoms with Gasteiger partial charge in [0.25, 0.3) is 0 Å². The molecule has 0 heterocycles. The van der Waals surface area contributed by atoms with Crippen molar-refractivity contribution in [2.75, 3.05) is 13.6 Å². The molecule has 1 aromatic rings. The summed E-state index contributed by atoms with van der Waals surface area (Å²) in [5, 5.41) is 3.22. The van der Waals surface area contributed by atoms with Crippen LogP contribution in [-0.4, -0.2) is 13.6 Å². The molecule has 0 amide bonds. The highest BCUT2D eigenvalue weighted by Gasteiger charge is 2.05. The highest BCUT2D eigenvalue weighted by atomic mass is 35.5. The summed E-state index contributed by atoms with van der Waals surface area (Å²) in [6.07, 6.45) is 1.20. The van der Waals surface area contributed by atoms with Crippen LogP contribution in [0.4, 0.5) is 0 Å². The number of hydrogen-bond acceptors (Lipinski definition) is 1. The fourth-order valence-corrected chi connectivity index (χ4v) is 1.47. The summed E-state index contributed by atoms with van der Waals surface area (Å²) in [5.41, 5.74) is 1.44. The molecule has 1 rings (SSSR count). The van der Waals surface area contributed by atoms with Crippen LogP contribution >= 0.6 is 12.4 Å². The molecule has 0 bridgehead atoms. The van der Waals surface area contributed by atoms with E-state index in [0.717, 1.165) is 6.54 Å². The van der Waals surface area contributed by atoms with Crippen molar-refractivity contribution in [3.05, 3.63) is 35.9 Å². The summed E-state index contributed by atoms with van der Waals surface area (Å²) in [5.74, 6) is 0.663. The minimum atomic E-state index is 0. The van der Waals surface area contributed by atoms with Crippen LogP contribution in [0.5, 0.6) is 0 Å². The molecule has 13 heavy (non-hydrogen) atoms. The van der Waals surface area contributed by atoms with E-state index in [0.29, 0.717) is 5.92 Å². The summed E-state index contributed by atoms with van der Waals surface area (Å²) >= 11 is 0. The Hall–Kier alpha value is -0.530. The lowest BCUT2D eigenvalue weighted by Gasteiger charge is -2.13. The Balaban J connectivity index is 0.00000144. The highest BCUT2D eigenvalue weighted by Crippen LogP contribution is 2.17. The zero-order valence-corrected chi connectivity index (χ0v) is 9.10. The minimum absolute atomic E-state index is 0. The van der Waals surface area contributed by atoms with Gasteiger partial charge in [-0.15, -0.1) is 12.4 Å². The van der Waals surface area contributed by atoms with Crippen LogP contribution in [-0.2, 0) is 0 Å². The average Bonchev–Trinajstić information content (AvgIpc) is 2.15. The van der Waals surface area contributed by atoms with E-state index in [2.05, 4.69) is 42.6 Å². The van der Waals surface area contributed by atoms with Gasteiger partial charge in [-0.25, -0.2) is 0 Å². The molecule has 1 N–H and O–H groups in total. The molecule has 1 atom stereocenters. The van der Waals surface area contributed by atoms with Crippen LogP contribution in [0.1, 0.15) is 24.8 Å². The number of benzene rings is 1. The SMILES string of the molecule is CCC(CNC)c1ccccc1.Cl. The van der Waals surface area contributed by atoms with Gasteiger partial charge < -0.3 is 5.32 Å². The predicted octanol–water partition coefficient (Wildman–Crippen LogP) is 2.82. The maximum Gasteiger partial charge on any atom is 0.00170 e. The van der Waals surface area contributed by atoms with Crippen LogP contribution in [0.15, 0.2) is 30.3 Å². The van der Waals surface area contributed by atoms with E-state index in [1.165, 1.54) is 12.0 Å². The van der Waals surface area contributed by atoms with Crippen molar-refractivity contribution in [1.29, 1.82) is 0 Å². The minimum Gasteiger partial charge on any atom is -0.319 e. The molecule has 74 valence electrons. The van der Waals surface area contributed by atoms with Gasteiger partial charge in [0.2, 0.25) is 0 Å². The van der Waals surface area contributed by atoms with Crippen LogP contribution < -0.4 is 5.32 Å². The second kappa shape index (κ2) is 6.93. The molecule has 0 aliphatic heterocycles. The zero-order chi connectivity index (χ0) is 8.81. The van der Waals surface area contributed by atoms with Crippen molar-refractivity contribution >= 4 is 12.4 Å². The van der Waals surface area contributed by atoms with E-state index in [4.69, 9.17) is 0 Å². The maximum atomic E-state index is 3.22. The molecular weight excluding hydrogens is 182 g/mol. The van der Waals surface area contributed by atoms with Gasteiger partial charge >= 0.3 is 0 Å². The Bertz CT molecular complexity index is 211. The van der Waals surface area contributed by atoms with Crippen molar-refractivity contribution in [1.82, 2.24) is 5.32 Å². The topological polar surface area (TPSA) is 12.0 Å². The fraction of sp³-hybridized carbons (Fsp3) is 0.455. The molecular formula is C11H18ClN. The number of rotatable bonds is 4. The Morgan fingerprint density at radius 2 is 1.85 bits per heavy atom. The van der Waals surface area contributed by atoms with Crippen molar-refractivity contribution in [3.63, 3.8) is 0 Å². The molecule has 0 aliphatic carbocycles. The third-order valence-corrected chi connectivity index (χ3v) is 2.21. The highest BCUT2D eigenvalue weighted by molar-refractivity contribution is 5.85. The van der Waals surface area contributed by atoms with Gasteiger partial charge in [0.05, 0.1) is 0 Å². The first-order valence-electron chi connectivity index (χ1n) is 4.58. The van der Waals surface area contributed by atoms with Gasteiger partial charge in [-0.05, 0) is 24.9 Å². The Labute approximate surface area is 87.0 Å². The molecule has 1 aromatic carbocycles. The number of likely N-dealkylation sites (N-methyl/N-ethyl adjacent to an activating group) is 1. The van der Waals surface area contributed by atoms with Crippen LogP contribution in [0.2, 0.25) is 0 Å². The van der Waals surface area contributed by atoms with Gasteiger partial charge in [0.1, 0.15) is 0 Å². The van der Waals surface area contributed by atoms with E-state index in [-0.39, 0.29) is 12.4 Å². The summed E-state index contributed by atoms with van der Waals surface area (Å²) in [6.45, 7) is 3.30. The summed E-state index contributed by atoms with van der Waals surface area (Å²) in [7, 11) is 2.01. The first-order chi connectivity index (χ1) is 5.88. The zero-order valence-electron chi connectivity index (χ0n) is 8.29. The van der Waals surface area contributed by atoms with Gasteiger partial charge in [0, 0.05) is 6.54 Å². The van der Waals surface area contributed by atoms with E-state index in [9.17, 15) is 0 Å². The normalized spacial score (nSPS) is 11.8. The van der Waals surface area contributed by atoms with Gasteiger partial charge in [-0.2, -0.15) is 0 Å². The summed E-state index contributed by atoms with van der Waals surface area (Å²) in [6, 6.07) is 10.7. The first-order valence-corrected chi connectivity index (χ1v) is 4.58. The standard InChI is InChI=1S/C11H17N.ClH/c1-3-10(9-12-2)11-7-5-4-6-8-11;/h4-8,10,12H,3,9H2,1-2H3;1H. The molecule has 0 saturated carbocycles. The number of hydrogen-bond donors (Lipinski definition) is 1. The van der Waals surface area contributed by atoms with Gasteiger partial charge in [0.15, 0.2) is 0 Å². The van der Waals surface area contributed by atoms with Crippen molar-refractivity contribution in [2.24, 2.45) is 0 Å². The monoisotopic (exact) mass is 199 g/mol. The lowest BCUT2D eigenvalue weighted by Crippen LogP contribution is -2.16. The third-order valence-electron chi connectivity index (χ3n) is 2.21. The lowest BCUT2D eigenvalue weighted by atomic mass is 9.97. The van der Waals surface area contributed by atoms with Gasteiger partial charge in [-0.3, -0.25) is 0 Å². The molecule has 1 nitrogen and oxygen atoms in total. The van der Waals surface area contributed by atoms with Gasteiger partial charge in [-0.1, -0.05) is 37.3 Å². The molecule has 1 unspecified atom stereocenters. The van der Waals surface area contributed by atoms with Crippen LogP contribution in [0, 0.1) is 0 Å². The van der Waals surface area contributed by atoms with Crippen molar-refractivity contribution < 1.29 is 0 Å². The summed E-state index contributed by atoms with van der Waals surface area (Å²) < 4.78 is 0. The smallest absolute Gasteiger partial charge is 0.00170 e. The molecule has 0 spiro atoms. The second-order valence-corrected chi connectivity index (χ2v) is 3.07. The maximum absolute atomic E-state index is 3.22. The summed E-state index contributed by atoms with van der Waals surface area (Å²) in [4.78, 5) is 0. The molecule has 0 aliphatic rings. The lowest BCUT2D eigenvalue weighted by molar-refractivity contribution is 0.612. The Morgan fingerprint density at radius 1 is 1.23 bits per heavy atom. The van der Waals surface area contributed by atoms with Crippen LogP contribution in [0.3, 0.4) is 0 Å². The molecule has 0 fully saturated rings. The third kappa shape index (κ3) is 3.79. The largest absolute Gasteiger partial charge is 0.319 e.